The van der Waals surface area contributed by atoms with Crippen LogP contribution in [0, 0.1) is 0 Å². The van der Waals surface area contributed by atoms with Crippen LogP contribution in [-0.4, -0.2) is 71.3 Å². The van der Waals surface area contributed by atoms with E-state index in [9.17, 15) is 61.5 Å². The third-order valence-corrected chi connectivity index (χ3v) is 6.90. The lowest BCUT2D eigenvalue weighted by Crippen LogP contribution is -2.58. The SMILES string of the molecule is CCO[Si](CCCOC(F)(C(F)(F)F)C(F)(F)F)(OCC)OC(C)OC(F)(C(F)(F)F)C(F)(F)F. The van der Waals surface area contributed by atoms with E-state index in [0.29, 0.717) is 6.92 Å². The minimum absolute atomic E-state index is 0.377. The van der Waals surface area contributed by atoms with Crippen LogP contribution in [0.2, 0.25) is 6.04 Å². The molecule has 0 amide bonds. The largest absolute Gasteiger partial charge is 0.502 e. The highest BCUT2D eigenvalue weighted by Gasteiger charge is 2.76. The zero-order valence-corrected chi connectivity index (χ0v) is 18.9. The van der Waals surface area contributed by atoms with Crippen LogP contribution < -0.4 is 0 Å². The lowest BCUT2D eigenvalue weighted by Gasteiger charge is -2.36. The molecule has 0 aliphatic rings. The molecule has 0 spiro atoms. The Labute approximate surface area is 189 Å². The van der Waals surface area contributed by atoms with E-state index >= 15 is 0 Å². The van der Waals surface area contributed by atoms with Gasteiger partial charge in [0, 0.05) is 19.3 Å². The van der Waals surface area contributed by atoms with Crippen LogP contribution in [0.5, 0.6) is 0 Å². The summed E-state index contributed by atoms with van der Waals surface area (Å²) in [6, 6.07) is -0.897. The molecular weight excluding hydrogens is 554 g/mol. The fourth-order valence-corrected chi connectivity index (χ4v) is 5.02. The second-order valence-corrected chi connectivity index (χ2v) is 9.17. The molecule has 0 heterocycles. The van der Waals surface area contributed by atoms with E-state index in [1.54, 1.807) is 0 Å². The Hall–Kier alpha value is -0.963. The summed E-state index contributed by atoms with van der Waals surface area (Å²) in [5, 5.41) is 0. The lowest BCUT2D eigenvalue weighted by molar-refractivity contribution is -0.449. The minimum Gasteiger partial charge on any atom is -0.374 e. The first-order valence-electron chi connectivity index (χ1n) is 9.35. The molecule has 0 fully saturated rings. The summed E-state index contributed by atoms with van der Waals surface area (Å²) in [5.74, 6) is -12.3. The van der Waals surface area contributed by atoms with E-state index in [0.717, 1.165) is 0 Å². The molecule has 0 aromatic heterocycles. The van der Waals surface area contributed by atoms with Crippen molar-refractivity contribution in [2.45, 2.75) is 75.9 Å². The first-order valence-corrected chi connectivity index (χ1v) is 11.3. The molecule has 0 N–H and O–H groups in total. The van der Waals surface area contributed by atoms with Crippen LogP contribution in [0.15, 0.2) is 0 Å². The highest BCUT2D eigenvalue weighted by atomic mass is 28.4. The van der Waals surface area contributed by atoms with Gasteiger partial charge in [-0.05, 0) is 27.2 Å². The van der Waals surface area contributed by atoms with E-state index in [-0.39, 0.29) is 0 Å². The van der Waals surface area contributed by atoms with Gasteiger partial charge in [0.25, 0.3) is 0 Å². The number of hydrogen-bond donors (Lipinski definition) is 0. The fraction of sp³-hybridized carbons (Fsp3) is 1.00. The average molecular weight is 574 g/mol. The monoisotopic (exact) mass is 574 g/mol. The minimum atomic E-state index is -6.63. The van der Waals surface area contributed by atoms with Crippen LogP contribution >= 0.6 is 0 Å². The van der Waals surface area contributed by atoms with E-state index in [1.165, 1.54) is 13.8 Å². The molecule has 0 rings (SSSR count). The third kappa shape index (κ3) is 8.27. The molecule has 212 valence electrons. The molecule has 20 heteroatoms. The van der Waals surface area contributed by atoms with Crippen molar-refractivity contribution < 1.29 is 84.2 Å². The van der Waals surface area contributed by atoms with Crippen molar-refractivity contribution in [1.29, 1.82) is 0 Å². The number of alkyl halides is 14. The van der Waals surface area contributed by atoms with Crippen LogP contribution in [0.4, 0.5) is 61.5 Å². The molecule has 0 aromatic rings. The Bertz CT molecular complexity index is 614. The van der Waals surface area contributed by atoms with E-state index < -0.39 is 83.8 Å². The first-order chi connectivity index (χ1) is 15.4. The van der Waals surface area contributed by atoms with Gasteiger partial charge in [0.15, 0.2) is 6.29 Å². The molecule has 1 atom stereocenters. The van der Waals surface area contributed by atoms with Gasteiger partial charge in [0.1, 0.15) is 0 Å². The summed E-state index contributed by atoms with van der Waals surface area (Å²) in [6.45, 7) is 0.297. The molecule has 0 saturated heterocycles. The van der Waals surface area contributed by atoms with Crippen LogP contribution in [0.25, 0.3) is 0 Å². The highest BCUT2D eigenvalue weighted by Crippen LogP contribution is 2.48. The average Bonchev–Trinajstić information content (AvgIpc) is 2.61. The topological polar surface area (TPSA) is 46.2 Å². The van der Waals surface area contributed by atoms with Gasteiger partial charge >= 0.3 is 45.2 Å². The van der Waals surface area contributed by atoms with E-state index in [4.69, 9.17) is 13.3 Å². The highest BCUT2D eigenvalue weighted by molar-refractivity contribution is 6.60. The molecule has 0 aliphatic heterocycles. The van der Waals surface area contributed by atoms with Gasteiger partial charge in [0.2, 0.25) is 0 Å². The molecule has 0 bridgehead atoms. The summed E-state index contributed by atoms with van der Waals surface area (Å²) in [7, 11) is -4.56. The second-order valence-electron chi connectivity index (χ2n) is 6.49. The molecule has 5 nitrogen and oxygen atoms in total. The Kier molecular flexibility index (Phi) is 11.3. The Balaban J connectivity index is 5.67. The summed E-state index contributed by atoms with van der Waals surface area (Å²) in [6.07, 6.45) is -30.0. The molecule has 0 aliphatic carbocycles. The predicted octanol–water partition coefficient (Wildman–Crippen LogP) is 6.37. The van der Waals surface area contributed by atoms with Crippen molar-refractivity contribution in [2.24, 2.45) is 0 Å². The molecule has 0 radical (unpaired) electrons. The maximum absolute atomic E-state index is 13.8. The van der Waals surface area contributed by atoms with Crippen molar-refractivity contribution in [3.63, 3.8) is 0 Å². The zero-order chi connectivity index (χ0) is 28.1. The van der Waals surface area contributed by atoms with Crippen molar-refractivity contribution in [1.82, 2.24) is 0 Å². The van der Waals surface area contributed by atoms with Gasteiger partial charge in [0.05, 0.1) is 6.61 Å². The zero-order valence-electron chi connectivity index (χ0n) is 17.9. The van der Waals surface area contributed by atoms with Crippen molar-refractivity contribution >= 4 is 8.80 Å². The van der Waals surface area contributed by atoms with Crippen molar-refractivity contribution in [2.75, 3.05) is 19.8 Å². The van der Waals surface area contributed by atoms with Gasteiger partial charge in [-0.3, -0.25) is 0 Å². The van der Waals surface area contributed by atoms with Gasteiger partial charge in [-0.25, -0.2) is 0 Å². The van der Waals surface area contributed by atoms with Crippen molar-refractivity contribution in [3.8, 4) is 0 Å². The number of halogens is 14. The molecule has 0 aromatic carbocycles. The van der Waals surface area contributed by atoms with Crippen molar-refractivity contribution in [3.05, 3.63) is 0 Å². The summed E-state index contributed by atoms with van der Waals surface area (Å²) >= 11 is 0. The summed E-state index contributed by atoms with van der Waals surface area (Å²) in [4.78, 5) is 0. The smallest absolute Gasteiger partial charge is 0.374 e. The number of hydrogen-bond acceptors (Lipinski definition) is 5. The summed E-state index contributed by atoms with van der Waals surface area (Å²) in [5.41, 5.74) is 0. The second kappa shape index (κ2) is 11.6. The normalized spacial score (nSPS) is 16.0. The van der Waals surface area contributed by atoms with Crippen LogP contribution in [0.1, 0.15) is 27.2 Å². The summed E-state index contributed by atoms with van der Waals surface area (Å²) < 4.78 is 200. The van der Waals surface area contributed by atoms with Gasteiger partial charge in [-0.1, -0.05) is 0 Å². The van der Waals surface area contributed by atoms with E-state index in [1.807, 2.05) is 0 Å². The van der Waals surface area contributed by atoms with Gasteiger partial charge in [-0.15, -0.1) is 0 Å². The standard InChI is InChI=1S/C15H20F14O5Si/c1-4-31-35(32-5-2,8-6-7-30-10(16,12(18,19)20)13(21,22)23)34-9(3)33-11(17,14(24,25)26)15(27,28)29/h9H,4-8H2,1-3H3. The fourth-order valence-electron chi connectivity index (χ4n) is 2.38. The molecule has 1 unspecified atom stereocenters. The Morgan fingerprint density at radius 3 is 1.31 bits per heavy atom. The maximum Gasteiger partial charge on any atom is 0.502 e. The van der Waals surface area contributed by atoms with Gasteiger partial charge < -0.3 is 22.8 Å². The lowest BCUT2D eigenvalue weighted by atomic mass is 10.3. The Morgan fingerprint density at radius 2 is 1.00 bits per heavy atom. The van der Waals surface area contributed by atoms with Gasteiger partial charge in [-0.2, -0.15) is 61.5 Å². The number of ether oxygens (including phenoxy) is 2. The molecule has 35 heavy (non-hydrogen) atoms. The Morgan fingerprint density at radius 1 is 0.629 bits per heavy atom. The molecule has 0 saturated carbocycles. The number of rotatable bonds is 13. The quantitative estimate of drug-likeness (QED) is 0.111. The van der Waals surface area contributed by atoms with Crippen LogP contribution in [0.3, 0.4) is 0 Å². The predicted molar refractivity (Wildman–Crippen MR) is 87.9 cm³/mol. The third-order valence-electron chi connectivity index (χ3n) is 3.79. The first kappa shape index (κ1) is 34.0. The van der Waals surface area contributed by atoms with Crippen LogP contribution in [-0.2, 0) is 22.8 Å². The van der Waals surface area contributed by atoms with E-state index in [2.05, 4.69) is 9.47 Å². The molecular formula is C15H20F14O5Si. The maximum atomic E-state index is 13.8.